The number of rotatable bonds is 6. The molecule has 0 radical (unpaired) electrons. The topological polar surface area (TPSA) is 115 Å². The molecule has 1 heterocycles. The highest BCUT2D eigenvalue weighted by Gasteiger charge is 2.18. The maximum absolute atomic E-state index is 12.2. The van der Waals surface area contributed by atoms with Crippen molar-refractivity contribution in [3.05, 3.63) is 33.7 Å². The first-order valence-electron chi connectivity index (χ1n) is 7.04. The molecule has 0 fully saturated rings. The van der Waals surface area contributed by atoms with Crippen molar-refractivity contribution in [3.63, 3.8) is 0 Å². The van der Waals surface area contributed by atoms with E-state index in [0.717, 1.165) is 0 Å². The third kappa shape index (κ3) is 3.48. The Morgan fingerprint density at radius 2 is 1.96 bits per heavy atom. The molecule has 2 N–H and O–H groups in total. The molecule has 0 saturated carbocycles. The van der Waals surface area contributed by atoms with Gasteiger partial charge in [0.15, 0.2) is 0 Å². The van der Waals surface area contributed by atoms with Gasteiger partial charge in [0, 0.05) is 12.1 Å². The summed E-state index contributed by atoms with van der Waals surface area (Å²) in [5.74, 6) is -0.842. The number of aryl methyl sites for hydroxylation is 1. The normalized spacial score (nSPS) is 10.5. The highest BCUT2D eigenvalue weighted by Crippen LogP contribution is 2.33. The van der Waals surface area contributed by atoms with Gasteiger partial charge in [0.05, 0.1) is 31.6 Å². The van der Waals surface area contributed by atoms with Crippen LogP contribution in [0, 0.1) is 6.92 Å². The number of methoxy groups -OCH3 is 2. The van der Waals surface area contributed by atoms with Crippen molar-refractivity contribution in [1.29, 1.82) is 0 Å². The molecule has 0 aliphatic carbocycles. The molecule has 1 aromatic heterocycles. The number of amides is 1. The Morgan fingerprint density at radius 3 is 2.54 bits per heavy atom. The smallest absolute Gasteiger partial charge is 0.340 e. The van der Waals surface area contributed by atoms with Crippen molar-refractivity contribution < 1.29 is 28.6 Å². The Hall–Kier alpha value is -3.03. The zero-order valence-electron chi connectivity index (χ0n) is 13.5. The fourth-order valence-corrected chi connectivity index (χ4v) is 2.36. The summed E-state index contributed by atoms with van der Waals surface area (Å²) in [6.45, 7) is 1.16. The van der Waals surface area contributed by atoms with Gasteiger partial charge in [-0.1, -0.05) is 0 Å². The molecule has 8 nitrogen and oxygen atoms in total. The molecule has 0 bridgehead atoms. The molecule has 0 aliphatic rings. The first-order chi connectivity index (χ1) is 11.4. The van der Waals surface area contributed by atoms with E-state index in [0.29, 0.717) is 22.4 Å². The molecule has 128 valence electrons. The average Bonchev–Trinajstić information content (AvgIpc) is 2.55. The summed E-state index contributed by atoms with van der Waals surface area (Å²) in [6, 6.07) is 3.20. The van der Waals surface area contributed by atoms with E-state index in [9.17, 15) is 14.4 Å². The van der Waals surface area contributed by atoms with Gasteiger partial charge in [0.1, 0.15) is 23.6 Å². The summed E-state index contributed by atoms with van der Waals surface area (Å²) in [4.78, 5) is 34.5. The first kappa shape index (κ1) is 17.3. The van der Waals surface area contributed by atoms with Gasteiger partial charge in [-0.2, -0.15) is 0 Å². The predicted octanol–water partition coefficient (Wildman–Crippen LogP) is 0.862. The van der Waals surface area contributed by atoms with E-state index in [1.54, 1.807) is 19.1 Å². The van der Waals surface area contributed by atoms with Crippen LogP contribution in [0.2, 0.25) is 0 Å². The van der Waals surface area contributed by atoms with Crippen molar-refractivity contribution >= 4 is 22.8 Å². The number of nitrogens with one attached hydrogen (secondary N) is 1. The Bertz CT molecular complexity index is 854. The molecule has 0 aliphatic heterocycles. The maximum Gasteiger partial charge on any atom is 0.340 e. The third-order valence-electron chi connectivity index (χ3n) is 3.55. The largest absolute Gasteiger partial charge is 0.496 e. The number of ether oxygens (including phenoxy) is 2. The second kappa shape index (κ2) is 7.03. The summed E-state index contributed by atoms with van der Waals surface area (Å²) in [6.07, 6.45) is -0.285. The Morgan fingerprint density at radius 1 is 1.25 bits per heavy atom. The lowest BCUT2D eigenvalue weighted by atomic mass is 10.0. The van der Waals surface area contributed by atoms with E-state index in [4.69, 9.17) is 19.0 Å². The average molecular weight is 335 g/mol. The van der Waals surface area contributed by atoms with Crippen molar-refractivity contribution in [2.45, 2.75) is 13.3 Å². The third-order valence-corrected chi connectivity index (χ3v) is 3.55. The quantitative estimate of drug-likeness (QED) is 0.752. The van der Waals surface area contributed by atoms with Crippen LogP contribution < -0.4 is 20.4 Å². The van der Waals surface area contributed by atoms with Gasteiger partial charge in [-0.05, 0) is 12.5 Å². The van der Waals surface area contributed by atoms with E-state index in [2.05, 4.69) is 5.32 Å². The molecule has 0 spiro atoms. The van der Waals surface area contributed by atoms with Crippen LogP contribution in [0.25, 0.3) is 11.0 Å². The molecule has 0 unspecified atom stereocenters. The maximum atomic E-state index is 12.2. The standard InChI is InChI=1S/C16H17NO7/c1-8-10(6-13(18)17-7-14(19)20)16(21)24-12-5-9(22-2)4-11(23-3)15(8)12/h4-5H,6-7H2,1-3H3,(H,17,18)(H,19,20). The summed E-state index contributed by atoms with van der Waals surface area (Å²) in [5, 5.41) is 11.3. The summed E-state index contributed by atoms with van der Waals surface area (Å²) < 4.78 is 15.7. The lowest BCUT2D eigenvalue weighted by Crippen LogP contribution is -2.32. The first-order valence-corrected chi connectivity index (χ1v) is 7.04. The molecule has 1 amide bonds. The number of carboxylic acid groups (broad SMARTS) is 1. The number of hydrogen-bond donors (Lipinski definition) is 2. The fraction of sp³-hybridized carbons (Fsp3) is 0.312. The molecule has 2 aromatic rings. The van der Waals surface area contributed by atoms with Crippen LogP contribution in [0.4, 0.5) is 0 Å². The molecule has 24 heavy (non-hydrogen) atoms. The van der Waals surface area contributed by atoms with Gasteiger partial charge in [-0.15, -0.1) is 0 Å². The minimum Gasteiger partial charge on any atom is -0.496 e. The van der Waals surface area contributed by atoms with Gasteiger partial charge in [-0.3, -0.25) is 9.59 Å². The van der Waals surface area contributed by atoms with E-state index < -0.39 is 24.0 Å². The number of benzene rings is 1. The highest BCUT2D eigenvalue weighted by atomic mass is 16.5. The lowest BCUT2D eigenvalue weighted by molar-refractivity contribution is -0.137. The number of fused-ring (bicyclic) bond motifs is 1. The molecule has 0 saturated heterocycles. The van der Waals surface area contributed by atoms with Crippen LogP contribution in [0.1, 0.15) is 11.1 Å². The second-order valence-corrected chi connectivity index (χ2v) is 5.04. The SMILES string of the molecule is COc1cc(OC)c2c(C)c(CC(=O)NCC(=O)O)c(=O)oc2c1. The van der Waals surface area contributed by atoms with Crippen LogP contribution in [0.5, 0.6) is 11.5 Å². The van der Waals surface area contributed by atoms with E-state index in [-0.39, 0.29) is 17.6 Å². The molecule has 2 rings (SSSR count). The van der Waals surface area contributed by atoms with E-state index >= 15 is 0 Å². The number of carbonyl (C=O) groups excluding carboxylic acids is 1. The van der Waals surface area contributed by atoms with Crippen molar-refractivity contribution in [1.82, 2.24) is 5.32 Å². The van der Waals surface area contributed by atoms with Crippen LogP contribution in [0.15, 0.2) is 21.3 Å². The Labute approximate surface area is 137 Å². The monoisotopic (exact) mass is 335 g/mol. The zero-order chi connectivity index (χ0) is 17.9. The number of carbonyl (C=O) groups is 2. The minimum absolute atomic E-state index is 0.147. The molecular weight excluding hydrogens is 318 g/mol. The Kier molecular flexibility index (Phi) is 5.08. The van der Waals surface area contributed by atoms with Crippen LogP contribution in [0.3, 0.4) is 0 Å². The fourth-order valence-electron chi connectivity index (χ4n) is 2.36. The van der Waals surface area contributed by atoms with Gasteiger partial charge >= 0.3 is 11.6 Å². The molecule has 1 aromatic carbocycles. The highest BCUT2D eigenvalue weighted by molar-refractivity contribution is 5.90. The predicted molar refractivity (Wildman–Crippen MR) is 84.7 cm³/mol. The van der Waals surface area contributed by atoms with Crippen molar-refractivity contribution in [2.24, 2.45) is 0 Å². The van der Waals surface area contributed by atoms with Crippen molar-refractivity contribution in [3.8, 4) is 11.5 Å². The summed E-state index contributed by atoms with van der Waals surface area (Å²) >= 11 is 0. The van der Waals surface area contributed by atoms with Crippen LogP contribution >= 0.6 is 0 Å². The zero-order valence-corrected chi connectivity index (χ0v) is 13.5. The number of hydrogen-bond acceptors (Lipinski definition) is 6. The summed E-state index contributed by atoms with van der Waals surface area (Å²) in [7, 11) is 2.95. The number of aliphatic carboxylic acids is 1. The lowest BCUT2D eigenvalue weighted by Gasteiger charge is -2.12. The van der Waals surface area contributed by atoms with Crippen molar-refractivity contribution in [2.75, 3.05) is 20.8 Å². The Balaban J connectivity index is 2.50. The summed E-state index contributed by atoms with van der Waals surface area (Å²) in [5.41, 5.74) is 0.296. The van der Waals surface area contributed by atoms with Gasteiger partial charge < -0.3 is 24.3 Å². The molecule has 0 atom stereocenters. The number of carboxylic acids is 1. The van der Waals surface area contributed by atoms with Gasteiger partial charge in [0.2, 0.25) is 5.91 Å². The second-order valence-electron chi connectivity index (χ2n) is 5.04. The van der Waals surface area contributed by atoms with Crippen LogP contribution in [-0.4, -0.2) is 37.7 Å². The van der Waals surface area contributed by atoms with Gasteiger partial charge in [-0.25, -0.2) is 4.79 Å². The van der Waals surface area contributed by atoms with Gasteiger partial charge in [0.25, 0.3) is 0 Å². The van der Waals surface area contributed by atoms with Crippen LogP contribution in [-0.2, 0) is 16.0 Å². The minimum atomic E-state index is -1.17. The molecular formula is C16H17NO7. The van der Waals surface area contributed by atoms with E-state index in [1.807, 2.05) is 0 Å². The molecule has 8 heteroatoms. The van der Waals surface area contributed by atoms with E-state index in [1.165, 1.54) is 14.2 Å².